The first kappa shape index (κ1) is 20.0. The number of halogens is 2. The van der Waals surface area contributed by atoms with Gasteiger partial charge in [-0.2, -0.15) is 13.7 Å². The van der Waals surface area contributed by atoms with Gasteiger partial charge in [-0.3, -0.25) is 9.35 Å². The molecule has 1 heterocycles. The summed E-state index contributed by atoms with van der Waals surface area (Å²) in [7, 11) is -3.88. The van der Waals surface area contributed by atoms with Crippen molar-refractivity contribution in [2.75, 3.05) is 13.1 Å². The number of hydrogen-bond donors (Lipinski definition) is 2. The van der Waals surface area contributed by atoms with Gasteiger partial charge in [-0.15, -0.1) is 0 Å². The van der Waals surface area contributed by atoms with Crippen molar-refractivity contribution in [2.45, 2.75) is 24.1 Å². The van der Waals surface area contributed by atoms with Gasteiger partial charge >= 0.3 is 0 Å². The van der Waals surface area contributed by atoms with Gasteiger partial charge in [0.1, 0.15) is 11.8 Å². The van der Waals surface area contributed by atoms with Crippen LogP contribution >= 0.6 is 0 Å². The Kier molecular flexibility index (Phi) is 6.77. The zero-order valence-electron chi connectivity index (χ0n) is 12.6. The smallest absolute Gasteiger partial charge is 0.269 e. The van der Waals surface area contributed by atoms with E-state index >= 15 is 0 Å². The van der Waals surface area contributed by atoms with E-state index in [1.807, 2.05) is 0 Å². The fourth-order valence-corrected chi connectivity index (χ4v) is 2.71. The van der Waals surface area contributed by atoms with Gasteiger partial charge in [-0.1, -0.05) is 30.3 Å². The van der Waals surface area contributed by atoms with E-state index in [0.717, 1.165) is 4.90 Å². The second-order valence-corrected chi connectivity index (χ2v) is 6.60. The third-order valence-electron chi connectivity index (χ3n) is 3.11. The standard InChI is InChI=1S/C7H9F2N3O.C7H8O3S/c8-7(9)1-5(2-10)12(4-7)6(13)3-11;8-11(9,10)6-7-4-2-1-3-5-7/h5H,1,3-4,11H2;1-5H,6H2,(H,8,9,10)/t5-;/m0./s1. The predicted octanol–water partition coefficient (Wildman–Crippen LogP) is 0.779. The van der Waals surface area contributed by atoms with Gasteiger partial charge in [0.05, 0.1) is 19.2 Å². The number of nitriles is 1. The highest BCUT2D eigenvalue weighted by Crippen LogP contribution is 2.31. The third kappa shape index (κ3) is 6.57. The summed E-state index contributed by atoms with van der Waals surface area (Å²) in [6.45, 7) is -1.03. The summed E-state index contributed by atoms with van der Waals surface area (Å²) in [6.07, 6.45) is -0.588. The topological polar surface area (TPSA) is 124 Å². The summed E-state index contributed by atoms with van der Waals surface area (Å²) >= 11 is 0. The summed E-state index contributed by atoms with van der Waals surface area (Å²) in [4.78, 5) is 11.8. The zero-order chi connectivity index (χ0) is 18.4. The van der Waals surface area contributed by atoms with Crippen LogP contribution in [0.2, 0.25) is 0 Å². The summed E-state index contributed by atoms with van der Waals surface area (Å²) in [5, 5.41) is 8.50. The number of rotatable bonds is 3. The van der Waals surface area contributed by atoms with Crippen molar-refractivity contribution in [3.63, 3.8) is 0 Å². The molecular weight excluding hydrogens is 344 g/mol. The van der Waals surface area contributed by atoms with Crippen LogP contribution in [0, 0.1) is 11.3 Å². The van der Waals surface area contributed by atoms with Crippen molar-refractivity contribution in [1.29, 1.82) is 5.26 Å². The van der Waals surface area contributed by atoms with Crippen LogP contribution in [0.5, 0.6) is 0 Å². The molecule has 0 unspecified atom stereocenters. The van der Waals surface area contributed by atoms with Crippen molar-refractivity contribution in [3.8, 4) is 6.07 Å². The molecule has 0 aromatic heterocycles. The molecule has 1 aromatic rings. The van der Waals surface area contributed by atoms with Gasteiger partial charge in [0.15, 0.2) is 0 Å². The molecule has 0 aliphatic carbocycles. The van der Waals surface area contributed by atoms with Crippen LogP contribution in [0.4, 0.5) is 8.78 Å². The van der Waals surface area contributed by atoms with Gasteiger partial charge in [-0.05, 0) is 5.56 Å². The van der Waals surface area contributed by atoms with E-state index in [4.69, 9.17) is 15.5 Å². The lowest BCUT2D eigenvalue weighted by Crippen LogP contribution is -2.39. The van der Waals surface area contributed by atoms with E-state index in [9.17, 15) is 22.0 Å². The molecule has 1 atom stereocenters. The number of amides is 1. The van der Waals surface area contributed by atoms with E-state index < -0.39 is 41.0 Å². The quantitative estimate of drug-likeness (QED) is 0.767. The lowest BCUT2D eigenvalue weighted by atomic mass is 10.2. The first-order valence-corrected chi connectivity index (χ1v) is 8.45. The number of nitrogens with zero attached hydrogens (tertiary/aromatic N) is 2. The lowest BCUT2D eigenvalue weighted by Gasteiger charge is -2.17. The van der Waals surface area contributed by atoms with Crippen LogP contribution < -0.4 is 5.73 Å². The second kappa shape index (κ2) is 8.14. The number of carbonyl (C=O) groups excluding carboxylic acids is 1. The first-order valence-electron chi connectivity index (χ1n) is 6.84. The van der Waals surface area contributed by atoms with Gasteiger partial charge in [-0.25, -0.2) is 8.78 Å². The lowest BCUT2D eigenvalue weighted by molar-refractivity contribution is -0.130. The Morgan fingerprint density at radius 1 is 1.42 bits per heavy atom. The Morgan fingerprint density at radius 3 is 2.46 bits per heavy atom. The van der Waals surface area contributed by atoms with Gasteiger partial charge in [0.2, 0.25) is 5.91 Å². The van der Waals surface area contributed by atoms with Gasteiger partial charge in [0, 0.05) is 6.42 Å². The molecule has 2 rings (SSSR count). The molecule has 132 valence electrons. The molecule has 0 saturated carbocycles. The first-order chi connectivity index (χ1) is 11.1. The average molecular weight is 361 g/mol. The van der Waals surface area contributed by atoms with E-state index in [1.165, 1.54) is 0 Å². The SMILES string of the molecule is N#C[C@@H]1CC(F)(F)CN1C(=O)CN.O=S(=O)(O)Cc1ccccc1. The maximum Gasteiger partial charge on any atom is 0.269 e. The van der Waals surface area contributed by atoms with E-state index in [2.05, 4.69) is 0 Å². The highest BCUT2D eigenvalue weighted by Gasteiger charge is 2.46. The number of nitrogens with two attached hydrogens (primary N) is 1. The maximum absolute atomic E-state index is 12.7. The monoisotopic (exact) mass is 361 g/mol. The number of carbonyl (C=O) groups is 1. The maximum atomic E-state index is 12.7. The Bertz CT molecular complexity index is 704. The van der Waals surface area contributed by atoms with Crippen LogP contribution in [0.3, 0.4) is 0 Å². The summed E-state index contributed by atoms with van der Waals surface area (Å²) in [6, 6.07) is 9.14. The van der Waals surface area contributed by atoms with E-state index in [1.54, 1.807) is 36.4 Å². The molecular formula is C14H17F2N3O4S. The third-order valence-corrected chi connectivity index (χ3v) is 3.80. The predicted molar refractivity (Wildman–Crippen MR) is 81.4 cm³/mol. The van der Waals surface area contributed by atoms with Crippen molar-refractivity contribution >= 4 is 16.0 Å². The Morgan fingerprint density at radius 2 is 2.00 bits per heavy atom. The fourth-order valence-electron chi connectivity index (χ4n) is 2.10. The zero-order valence-corrected chi connectivity index (χ0v) is 13.4. The summed E-state index contributed by atoms with van der Waals surface area (Å²) < 4.78 is 54.6. The highest BCUT2D eigenvalue weighted by atomic mass is 32.2. The highest BCUT2D eigenvalue weighted by molar-refractivity contribution is 7.85. The number of likely N-dealkylation sites (tertiary alicyclic amines) is 1. The number of hydrogen-bond acceptors (Lipinski definition) is 5. The van der Waals surface area contributed by atoms with Crippen molar-refractivity contribution in [1.82, 2.24) is 4.90 Å². The van der Waals surface area contributed by atoms with Crippen molar-refractivity contribution in [2.24, 2.45) is 5.73 Å². The van der Waals surface area contributed by atoms with Crippen molar-refractivity contribution < 1.29 is 26.5 Å². The molecule has 1 fully saturated rings. The number of alkyl halides is 2. The molecule has 7 nitrogen and oxygen atoms in total. The molecule has 10 heteroatoms. The second-order valence-electron chi connectivity index (χ2n) is 5.14. The Hall–Kier alpha value is -2.09. The minimum absolute atomic E-state index is 0.312. The van der Waals surface area contributed by atoms with Crippen LogP contribution in [0.15, 0.2) is 30.3 Å². The average Bonchev–Trinajstić information content (AvgIpc) is 2.81. The molecule has 24 heavy (non-hydrogen) atoms. The van der Waals surface area contributed by atoms with Crippen molar-refractivity contribution in [3.05, 3.63) is 35.9 Å². The minimum atomic E-state index is -3.88. The Labute approximate surface area is 138 Å². The summed E-state index contributed by atoms with van der Waals surface area (Å²) in [5.41, 5.74) is 5.60. The van der Waals surface area contributed by atoms with Crippen LogP contribution in [0.25, 0.3) is 0 Å². The van der Waals surface area contributed by atoms with Crippen LogP contribution in [-0.4, -0.2) is 48.8 Å². The van der Waals surface area contributed by atoms with Crippen LogP contribution in [-0.2, 0) is 20.7 Å². The molecule has 1 saturated heterocycles. The van der Waals surface area contributed by atoms with E-state index in [-0.39, 0.29) is 12.3 Å². The normalized spacial score (nSPS) is 19.1. The number of benzene rings is 1. The molecule has 0 bridgehead atoms. The molecule has 1 aliphatic rings. The van der Waals surface area contributed by atoms with E-state index in [0.29, 0.717) is 5.56 Å². The van der Waals surface area contributed by atoms with Gasteiger partial charge in [0.25, 0.3) is 16.0 Å². The minimum Gasteiger partial charge on any atom is -0.322 e. The molecule has 0 spiro atoms. The largest absolute Gasteiger partial charge is 0.322 e. The molecule has 3 N–H and O–H groups in total. The van der Waals surface area contributed by atoms with Gasteiger partial charge < -0.3 is 10.6 Å². The summed E-state index contributed by atoms with van der Waals surface area (Å²) in [5.74, 6) is -3.87. The fraction of sp³-hybridized carbons (Fsp3) is 0.429. The Balaban J connectivity index is 0.000000243. The molecule has 1 amide bonds. The molecule has 1 aliphatic heterocycles. The molecule has 1 aromatic carbocycles. The molecule has 0 radical (unpaired) electrons. The van der Waals surface area contributed by atoms with Crippen LogP contribution in [0.1, 0.15) is 12.0 Å².